The molecule has 162 valence electrons. The average molecular weight is 423 g/mol. The van der Waals surface area contributed by atoms with E-state index in [-0.39, 0.29) is 11.5 Å². The Labute approximate surface area is 181 Å². The molecule has 1 aliphatic rings. The number of benzene rings is 1. The van der Waals surface area contributed by atoms with Crippen LogP contribution in [0.3, 0.4) is 0 Å². The molecule has 0 radical (unpaired) electrons. The zero-order chi connectivity index (χ0) is 22.1. The van der Waals surface area contributed by atoms with Gasteiger partial charge < -0.3 is 19.2 Å². The van der Waals surface area contributed by atoms with Gasteiger partial charge in [0.1, 0.15) is 23.2 Å². The van der Waals surface area contributed by atoms with Crippen LogP contribution in [0, 0.1) is 11.3 Å². The molecule has 8 nitrogen and oxygen atoms in total. The van der Waals surface area contributed by atoms with Crippen molar-refractivity contribution in [2.24, 2.45) is 0 Å². The van der Waals surface area contributed by atoms with Crippen LogP contribution in [0.4, 0.5) is 0 Å². The Bertz CT molecular complexity index is 966. The highest BCUT2D eigenvalue weighted by atomic mass is 16.5. The second-order valence-corrected chi connectivity index (χ2v) is 6.88. The Morgan fingerprint density at radius 2 is 1.94 bits per heavy atom. The lowest BCUT2D eigenvalue weighted by Gasteiger charge is -2.26. The van der Waals surface area contributed by atoms with Crippen LogP contribution in [-0.4, -0.2) is 62.8 Å². The number of hydrogen-bond acceptors (Lipinski definition) is 7. The topological polar surface area (TPSA) is 105 Å². The third-order valence-electron chi connectivity index (χ3n) is 4.78. The number of ether oxygens (including phenoxy) is 2. The van der Waals surface area contributed by atoms with E-state index in [9.17, 15) is 14.9 Å². The normalized spacial score (nSPS) is 14.6. The van der Waals surface area contributed by atoms with Gasteiger partial charge in [-0.15, -0.1) is 0 Å². The monoisotopic (exact) mass is 423 g/mol. The third-order valence-corrected chi connectivity index (χ3v) is 4.78. The zero-order valence-corrected chi connectivity index (χ0v) is 17.4. The number of nitrogens with zero attached hydrogens (tertiary/aromatic N) is 2. The molecule has 0 aliphatic carbocycles. The third kappa shape index (κ3) is 6.28. The Morgan fingerprint density at radius 3 is 2.61 bits per heavy atom. The molecule has 1 aromatic carbocycles. The van der Waals surface area contributed by atoms with Gasteiger partial charge in [0.25, 0.3) is 5.91 Å². The predicted octanol–water partition coefficient (Wildman–Crippen LogP) is 2.48. The van der Waals surface area contributed by atoms with Crippen LogP contribution >= 0.6 is 0 Å². The minimum absolute atomic E-state index is 0.0273. The van der Waals surface area contributed by atoms with E-state index < -0.39 is 5.91 Å². The summed E-state index contributed by atoms with van der Waals surface area (Å²) in [6.07, 6.45) is 1.42. The first-order valence-corrected chi connectivity index (χ1v) is 10.2. The smallest absolute Gasteiger partial charge is 0.338 e. The molecule has 2 aromatic rings. The van der Waals surface area contributed by atoms with Crippen LogP contribution in [0.15, 0.2) is 46.4 Å². The molecule has 3 rings (SSSR count). The Balaban J connectivity index is 1.60. The summed E-state index contributed by atoms with van der Waals surface area (Å²) < 4.78 is 16.0. The van der Waals surface area contributed by atoms with Crippen molar-refractivity contribution >= 4 is 18.0 Å². The molecule has 1 saturated heterocycles. The molecule has 0 unspecified atom stereocenters. The molecular weight excluding hydrogens is 398 g/mol. The van der Waals surface area contributed by atoms with Gasteiger partial charge in [0, 0.05) is 37.8 Å². The molecule has 31 heavy (non-hydrogen) atoms. The first kappa shape index (κ1) is 22.3. The van der Waals surface area contributed by atoms with Gasteiger partial charge in [-0.2, -0.15) is 5.26 Å². The summed E-state index contributed by atoms with van der Waals surface area (Å²) in [5.74, 6) is 0.138. The SMILES string of the molecule is CCOC(=O)c1ccc(-c2ccc(/C=C(/C#N)C(=O)NCCN3CCOCC3)o2)cc1. The lowest BCUT2D eigenvalue weighted by Crippen LogP contribution is -2.41. The highest BCUT2D eigenvalue weighted by Gasteiger charge is 2.14. The summed E-state index contributed by atoms with van der Waals surface area (Å²) in [4.78, 5) is 26.3. The number of morpholine rings is 1. The first-order valence-electron chi connectivity index (χ1n) is 10.2. The highest BCUT2D eigenvalue weighted by Crippen LogP contribution is 2.24. The number of furan rings is 1. The fourth-order valence-corrected chi connectivity index (χ4v) is 3.11. The van der Waals surface area contributed by atoms with E-state index in [0.29, 0.717) is 50.0 Å². The van der Waals surface area contributed by atoms with Crippen molar-refractivity contribution in [1.29, 1.82) is 5.26 Å². The number of carbonyl (C=O) groups is 2. The largest absolute Gasteiger partial charge is 0.462 e. The van der Waals surface area contributed by atoms with Gasteiger partial charge in [-0.1, -0.05) is 12.1 Å². The van der Waals surface area contributed by atoms with E-state index in [0.717, 1.165) is 18.7 Å². The maximum atomic E-state index is 12.3. The van der Waals surface area contributed by atoms with E-state index in [1.165, 1.54) is 6.08 Å². The fourth-order valence-electron chi connectivity index (χ4n) is 3.11. The number of nitrogens with one attached hydrogen (secondary N) is 1. The van der Waals surface area contributed by atoms with Crippen molar-refractivity contribution in [3.63, 3.8) is 0 Å². The summed E-state index contributed by atoms with van der Waals surface area (Å²) in [6.45, 7) is 6.31. The molecule has 1 amide bonds. The molecule has 0 atom stereocenters. The summed E-state index contributed by atoms with van der Waals surface area (Å²) >= 11 is 0. The van der Waals surface area contributed by atoms with Gasteiger partial charge in [-0.3, -0.25) is 9.69 Å². The van der Waals surface area contributed by atoms with E-state index in [1.807, 2.05) is 6.07 Å². The lowest BCUT2D eigenvalue weighted by atomic mass is 10.1. The minimum Gasteiger partial charge on any atom is -0.462 e. The van der Waals surface area contributed by atoms with E-state index in [2.05, 4.69) is 10.2 Å². The van der Waals surface area contributed by atoms with Crippen molar-refractivity contribution in [1.82, 2.24) is 10.2 Å². The standard InChI is InChI=1S/C23H25N3O5/c1-2-30-23(28)18-5-3-17(4-6-18)21-8-7-20(31-21)15-19(16-24)22(27)25-9-10-26-11-13-29-14-12-26/h3-8,15H,2,9-14H2,1H3,(H,25,27)/b19-15-. The molecule has 1 aliphatic heterocycles. The molecule has 1 N–H and O–H groups in total. The van der Waals surface area contributed by atoms with Crippen molar-refractivity contribution in [3.05, 3.63) is 53.3 Å². The number of rotatable bonds is 8. The highest BCUT2D eigenvalue weighted by molar-refractivity contribution is 6.01. The van der Waals surface area contributed by atoms with Gasteiger partial charge in [0.15, 0.2) is 0 Å². The molecule has 1 fully saturated rings. The lowest BCUT2D eigenvalue weighted by molar-refractivity contribution is -0.117. The molecular formula is C23H25N3O5. The molecule has 1 aromatic heterocycles. The van der Waals surface area contributed by atoms with Gasteiger partial charge in [-0.25, -0.2) is 4.79 Å². The fraction of sp³-hybridized carbons (Fsp3) is 0.348. The number of esters is 1. The van der Waals surface area contributed by atoms with Crippen molar-refractivity contribution in [2.75, 3.05) is 46.0 Å². The molecule has 0 bridgehead atoms. The average Bonchev–Trinajstić information content (AvgIpc) is 3.27. The summed E-state index contributed by atoms with van der Waals surface area (Å²) in [5.41, 5.74) is 1.19. The van der Waals surface area contributed by atoms with E-state index in [4.69, 9.17) is 13.9 Å². The van der Waals surface area contributed by atoms with Crippen LogP contribution < -0.4 is 5.32 Å². The van der Waals surface area contributed by atoms with Crippen LogP contribution in [0.1, 0.15) is 23.0 Å². The molecule has 0 saturated carbocycles. The maximum Gasteiger partial charge on any atom is 0.338 e. The van der Waals surface area contributed by atoms with Crippen LogP contribution in [0.5, 0.6) is 0 Å². The van der Waals surface area contributed by atoms with Crippen LogP contribution in [-0.2, 0) is 14.3 Å². The van der Waals surface area contributed by atoms with Crippen molar-refractivity contribution in [2.45, 2.75) is 6.92 Å². The van der Waals surface area contributed by atoms with Gasteiger partial charge in [0.2, 0.25) is 0 Å². The van der Waals surface area contributed by atoms with Gasteiger partial charge in [-0.05, 0) is 31.2 Å². The van der Waals surface area contributed by atoms with Crippen molar-refractivity contribution in [3.8, 4) is 17.4 Å². The van der Waals surface area contributed by atoms with Crippen molar-refractivity contribution < 1.29 is 23.5 Å². The van der Waals surface area contributed by atoms with Gasteiger partial charge in [0.05, 0.1) is 25.4 Å². The van der Waals surface area contributed by atoms with E-state index >= 15 is 0 Å². The molecule has 0 spiro atoms. The first-order chi connectivity index (χ1) is 15.1. The number of nitriles is 1. The quantitative estimate of drug-likeness (QED) is 0.395. The zero-order valence-electron chi connectivity index (χ0n) is 17.4. The van der Waals surface area contributed by atoms with Crippen LogP contribution in [0.2, 0.25) is 0 Å². The summed E-state index contributed by atoms with van der Waals surface area (Å²) in [6, 6.07) is 12.2. The predicted molar refractivity (Wildman–Crippen MR) is 114 cm³/mol. The molecule has 8 heteroatoms. The second kappa shape index (κ2) is 11.1. The Kier molecular flexibility index (Phi) is 7.98. The Hall–Kier alpha value is -3.41. The summed E-state index contributed by atoms with van der Waals surface area (Å²) in [7, 11) is 0. The summed E-state index contributed by atoms with van der Waals surface area (Å²) in [5, 5.41) is 12.1. The number of hydrogen-bond donors (Lipinski definition) is 1. The van der Waals surface area contributed by atoms with E-state index in [1.54, 1.807) is 43.3 Å². The second-order valence-electron chi connectivity index (χ2n) is 6.88. The maximum absolute atomic E-state index is 12.3. The Morgan fingerprint density at radius 1 is 1.19 bits per heavy atom. The number of amides is 1. The van der Waals surface area contributed by atoms with Crippen LogP contribution in [0.25, 0.3) is 17.4 Å². The minimum atomic E-state index is -0.438. The molecule has 2 heterocycles. The number of carbonyl (C=O) groups excluding carboxylic acids is 2. The van der Waals surface area contributed by atoms with Gasteiger partial charge >= 0.3 is 5.97 Å².